The van der Waals surface area contributed by atoms with Gasteiger partial charge in [-0.05, 0) is 57.4 Å². The van der Waals surface area contributed by atoms with Crippen LogP contribution in [-0.4, -0.2) is 17.2 Å². The van der Waals surface area contributed by atoms with Crippen molar-refractivity contribution in [3.05, 3.63) is 35.4 Å². The van der Waals surface area contributed by atoms with E-state index in [-0.39, 0.29) is 5.97 Å². The van der Waals surface area contributed by atoms with Gasteiger partial charge in [-0.15, -0.1) is 5.92 Å². The number of rotatable bonds is 2. The minimum Gasteiger partial charge on any atom is -0.426 e. The summed E-state index contributed by atoms with van der Waals surface area (Å²) in [5, 5.41) is 10.2. The van der Waals surface area contributed by atoms with Gasteiger partial charge in [0.15, 0.2) is 0 Å². The molecule has 0 saturated carbocycles. The fraction of sp³-hybridized carbons (Fsp3) is 0.409. The molecule has 0 heterocycles. The number of hydrogen-bond donors (Lipinski definition) is 1. The van der Waals surface area contributed by atoms with Crippen molar-refractivity contribution >= 4 is 12.0 Å². The Morgan fingerprint density at radius 2 is 1.80 bits per heavy atom. The first-order valence-electron chi connectivity index (χ1n) is 8.55. The maximum atomic E-state index is 11.9. The van der Waals surface area contributed by atoms with Crippen molar-refractivity contribution in [3.63, 3.8) is 0 Å². The van der Waals surface area contributed by atoms with E-state index in [1.807, 2.05) is 39.0 Å². The van der Waals surface area contributed by atoms with Gasteiger partial charge in [0.05, 0.1) is 5.41 Å². The van der Waals surface area contributed by atoms with Crippen LogP contribution in [0.1, 0.15) is 52.0 Å². The highest BCUT2D eigenvalue weighted by Gasteiger charge is 2.23. The van der Waals surface area contributed by atoms with Crippen LogP contribution in [0.2, 0.25) is 0 Å². The van der Waals surface area contributed by atoms with Crippen molar-refractivity contribution in [1.82, 2.24) is 0 Å². The van der Waals surface area contributed by atoms with E-state index >= 15 is 0 Å². The van der Waals surface area contributed by atoms with Gasteiger partial charge in [0.2, 0.25) is 0 Å². The van der Waals surface area contributed by atoms with Crippen molar-refractivity contribution in [1.29, 1.82) is 0 Å². The lowest BCUT2D eigenvalue weighted by molar-refractivity contribution is -0.142. The molecule has 0 aromatic heterocycles. The lowest BCUT2D eigenvalue weighted by Crippen LogP contribution is -2.25. The number of hydrogen-bond acceptors (Lipinski definition) is 3. The Bertz CT molecular complexity index is 756. The highest BCUT2D eigenvalue weighted by Crippen LogP contribution is 2.21. The summed E-state index contributed by atoms with van der Waals surface area (Å²) in [4.78, 5) is 11.9. The minimum atomic E-state index is -0.871. The molecule has 1 aliphatic carbocycles. The van der Waals surface area contributed by atoms with Crippen LogP contribution in [0.15, 0.2) is 29.8 Å². The zero-order chi connectivity index (χ0) is 18.3. The molecular formula is C22H24O3. The van der Waals surface area contributed by atoms with E-state index in [1.54, 1.807) is 12.1 Å². The number of aliphatic hydroxyl groups is 1. The van der Waals surface area contributed by atoms with Gasteiger partial charge in [0.25, 0.3) is 0 Å². The van der Waals surface area contributed by atoms with Gasteiger partial charge in [-0.1, -0.05) is 29.9 Å². The molecule has 0 bridgehead atoms. The van der Waals surface area contributed by atoms with Gasteiger partial charge < -0.3 is 9.84 Å². The number of aliphatic hydroxyl groups excluding tert-OH is 1. The summed E-state index contributed by atoms with van der Waals surface area (Å²) in [6, 6.07) is 7.14. The summed E-state index contributed by atoms with van der Waals surface area (Å²) in [7, 11) is 0. The molecule has 1 unspecified atom stereocenters. The van der Waals surface area contributed by atoms with Crippen LogP contribution < -0.4 is 4.74 Å². The lowest BCUT2D eigenvalue weighted by atomic mass is 9.97. The summed E-state index contributed by atoms with van der Waals surface area (Å²) < 4.78 is 5.35. The number of ether oxygens (including phenoxy) is 1. The molecule has 1 atom stereocenters. The Kier molecular flexibility index (Phi) is 6.45. The average molecular weight is 336 g/mol. The summed E-state index contributed by atoms with van der Waals surface area (Å²) >= 11 is 0. The van der Waals surface area contributed by atoms with Crippen LogP contribution in [-0.2, 0) is 4.79 Å². The molecule has 0 radical (unpaired) electrons. The molecule has 25 heavy (non-hydrogen) atoms. The molecule has 130 valence electrons. The molecule has 0 aliphatic heterocycles. The predicted octanol–water partition coefficient (Wildman–Crippen LogP) is 3.96. The Morgan fingerprint density at radius 3 is 2.44 bits per heavy atom. The molecule has 1 aromatic carbocycles. The highest BCUT2D eigenvalue weighted by molar-refractivity contribution is 5.78. The number of carbonyl (C=O) groups is 1. The Balaban J connectivity index is 2.17. The average Bonchev–Trinajstić information content (AvgIpc) is 2.56. The number of benzene rings is 1. The molecule has 3 nitrogen and oxygen atoms in total. The molecule has 1 N–H and O–H groups in total. The third-order valence-electron chi connectivity index (χ3n) is 3.64. The van der Waals surface area contributed by atoms with Crippen LogP contribution in [0.3, 0.4) is 0 Å². The van der Waals surface area contributed by atoms with Gasteiger partial charge in [-0.2, -0.15) is 0 Å². The molecule has 2 rings (SSSR count). The molecule has 1 aromatic rings. The first-order valence-corrected chi connectivity index (χ1v) is 8.55. The van der Waals surface area contributed by atoms with E-state index in [0.717, 1.165) is 31.2 Å². The van der Waals surface area contributed by atoms with Crippen LogP contribution in [0, 0.1) is 29.1 Å². The van der Waals surface area contributed by atoms with Crippen molar-refractivity contribution < 1.29 is 14.6 Å². The van der Waals surface area contributed by atoms with E-state index in [1.165, 1.54) is 0 Å². The normalized spacial score (nSPS) is 19.2. The smallest absolute Gasteiger partial charge is 0.316 e. The third kappa shape index (κ3) is 6.14. The van der Waals surface area contributed by atoms with E-state index < -0.39 is 11.5 Å². The number of esters is 1. The standard InChI is InChI=1S/C22H24O3/c1-22(2,3)21(24)25-19-14-12-17(13-15-19)16-18-10-8-6-4-5-7-9-11-20(18)23/h12-16,20,23H,4-7H2,1-3H3/b18-16+. The molecular weight excluding hydrogens is 312 g/mol. The van der Waals surface area contributed by atoms with Crippen LogP contribution in [0.4, 0.5) is 0 Å². The van der Waals surface area contributed by atoms with E-state index in [2.05, 4.69) is 23.7 Å². The largest absolute Gasteiger partial charge is 0.426 e. The summed E-state index contributed by atoms with van der Waals surface area (Å²) in [6.07, 6.45) is 4.60. The van der Waals surface area contributed by atoms with Crippen molar-refractivity contribution in [2.75, 3.05) is 0 Å². The second kappa shape index (κ2) is 8.56. The van der Waals surface area contributed by atoms with Crippen LogP contribution >= 0.6 is 0 Å². The summed E-state index contributed by atoms with van der Waals surface area (Å²) in [6.45, 7) is 5.44. The molecule has 0 spiro atoms. The third-order valence-corrected chi connectivity index (χ3v) is 3.64. The van der Waals surface area contributed by atoms with E-state index in [0.29, 0.717) is 11.3 Å². The first-order chi connectivity index (χ1) is 11.9. The Labute approximate surface area is 150 Å². The van der Waals surface area contributed by atoms with Gasteiger partial charge in [-0.25, -0.2) is 0 Å². The molecule has 0 amide bonds. The second-order valence-electron chi connectivity index (χ2n) is 7.04. The predicted molar refractivity (Wildman–Crippen MR) is 99.5 cm³/mol. The SMILES string of the molecule is CC(C)(C)C(=O)Oc1ccc(/C=C2\C#CCCCCC#CC2O)cc1. The van der Waals surface area contributed by atoms with Crippen LogP contribution in [0.25, 0.3) is 6.08 Å². The van der Waals surface area contributed by atoms with Crippen molar-refractivity contribution in [2.45, 2.75) is 52.6 Å². The summed E-state index contributed by atoms with van der Waals surface area (Å²) in [5.41, 5.74) is 0.918. The molecule has 3 heteroatoms. The number of carbonyl (C=O) groups excluding carboxylic acids is 1. The Hall–Kier alpha value is -2.49. The zero-order valence-electron chi connectivity index (χ0n) is 15.1. The second-order valence-corrected chi connectivity index (χ2v) is 7.04. The van der Waals surface area contributed by atoms with Crippen LogP contribution in [0.5, 0.6) is 5.75 Å². The fourth-order valence-electron chi connectivity index (χ4n) is 2.09. The molecule has 1 aliphatic rings. The molecule has 0 fully saturated rings. The van der Waals surface area contributed by atoms with Gasteiger partial charge >= 0.3 is 5.97 Å². The summed E-state index contributed by atoms with van der Waals surface area (Å²) in [5.74, 6) is 12.2. The highest BCUT2D eigenvalue weighted by atomic mass is 16.5. The van der Waals surface area contributed by atoms with E-state index in [9.17, 15) is 9.90 Å². The lowest BCUT2D eigenvalue weighted by Gasteiger charge is -2.16. The van der Waals surface area contributed by atoms with Crippen molar-refractivity contribution in [2.24, 2.45) is 5.41 Å². The monoisotopic (exact) mass is 336 g/mol. The van der Waals surface area contributed by atoms with Gasteiger partial charge in [0.1, 0.15) is 11.9 Å². The maximum Gasteiger partial charge on any atom is 0.316 e. The first kappa shape index (κ1) is 18.8. The van der Waals surface area contributed by atoms with Gasteiger partial charge in [-0.3, -0.25) is 4.79 Å². The molecule has 0 saturated heterocycles. The fourth-order valence-corrected chi connectivity index (χ4v) is 2.09. The topological polar surface area (TPSA) is 46.5 Å². The quantitative estimate of drug-likeness (QED) is 0.505. The minimum absolute atomic E-state index is 0.275. The van der Waals surface area contributed by atoms with Gasteiger partial charge in [0, 0.05) is 18.4 Å². The van der Waals surface area contributed by atoms with E-state index in [4.69, 9.17) is 4.74 Å². The Morgan fingerprint density at radius 1 is 1.16 bits per heavy atom. The zero-order valence-corrected chi connectivity index (χ0v) is 15.1. The van der Waals surface area contributed by atoms with Crippen molar-refractivity contribution in [3.8, 4) is 29.4 Å². The maximum absolute atomic E-state index is 11.9.